The van der Waals surface area contributed by atoms with Gasteiger partial charge in [0.2, 0.25) is 0 Å². The molecule has 0 bridgehead atoms. The lowest BCUT2D eigenvalue weighted by atomic mass is 10.1. The average Bonchev–Trinajstić information content (AvgIpc) is 2.87. The van der Waals surface area contributed by atoms with Gasteiger partial charge in [0.25, 0.3) is 5.91 Å². The number of amides is 1. The third-order valence-electron chi connectivity index (χ3n) is 3.60. The Balaban J connectivity index is 2.24. The maximum absolute atomic E-state index is 13.8. The van der Waals surface area contributed by atoms with Gasteiger partial charge in [-0.25, -0.2) is 14.1 Å². The summed E-state index contributed by atoms with van der Waals surface area (Å²) in [7, 11) is 0. The molecule has 0 aliphatic rings. The quantitative estimate of drug-likeness (QED) is 0.785. The van der Waals surface area contributed by atoms with Gasteiger partial charge >= 0.3 is 0 Å². The predicted molar refractivity (Wildman–Crippen MR) is 90.9 cm³/mol. The molecule has 0 spiro atoms. The molecule has 0 aliphatic heterocycles. The van der Waals surface area contributed by atoms with E-state index in [1.807, 2.05) is 0 Å². The Morgan fingerprint density at radius 3 is 2.71 bits per heavy atom. The van der Waals surface area contributed by atoms with E-state index in [9.17, 15) is 9.18 Å². The number of halogens is 2. The molecule has 3 rings (SSSR count). The first-order chi connectivity index (χ1) is 11.4. The standard InChI is InChI=1S/C17H16ClFN4O/c1-9(2)7-14-16-15(6-5-13(21-16)17(20)24)23(22-14)10-3-4-11(18)12(19)8-10/h3-6,8-9H,7H2,1-2H3,(H2,20,24). The summed E-state index contributed by atoms with van der Waals surface area (Å²) in [5.41, 5.74) is 8.03. The lowest BCUT2D eigenvalue weighted by Crippen LogP contribution is -2.13. The lowest BCUT2D eigenvalue weighted by molar-refractivity contribution is 0.0996. The maximum Gasteiger partial charge on any atom is 0.267 e. The van der Waals surface area contributed by atoms with Crippen LogP contribution in [0.25, 0.3) is 16.7 Å². The molecular formula is C17H16ClFN4O. The van der Waals surface area contributed by atoms with Gasteiger partial charge in [-0.3, -0.25) is 4.79 Å². The second-order valence-corrected chi connectivity index (χ2v) is 6.39. The van der Waals surface area contributed by atoms with Crippen LogP contribution in [0.2, 0.25) is 5.02 Å². The van der Waals surface area contributed by atoms with Crippen LogP contribution < -0.4 is 5.73 Å². The number of rotatable bonds is 4. The fourth-order valence-corrected chi connectivity index (χ4v) is 2.65. The van der Waals surface area contributed by atoms with Gasteiger partial charge in [0.1, 0.15) is 17.0 Å². The second kappa shape index (κ2) is 6.20. The molecule has 24 heavy (non-hydrogen) atoms. The minimum Gasteiger partial charge on any atom is -0.364 e. The Hall–Kier alpha value is -2.47. The summed E-state index contributed by atoms with van der Waals surface area (Å²) < 4.78 is 15.4. The first-order valence-corrected chi connectivity index (χ1v) is 7.88. The molecule has 0 atom stereocenters. The minimum absolute atomic E-state index is 0.0479. The number of pyridine rings is 1. The molecule has 5 nitrogen and oxygen atoms in total. The molecule has 2 N–H and O–H groups in total. The van der Waals surface area contributed by atoms with Gasteiger partial charge in [-0.15, -0.1) is 0 Å². The van der Waals surface area contributed by atoms with Crippen molar-refractivity contribution < 1.29 is 9.18 Å². The molecule has 2 heterocycles. The number of carbonyl (C=O) groups is 1. The van der Waals surface area contributed by atoms with Gasteiger partial charge in [-0.05, 0) is 36.6 Å². The van der Waals surface area contributed by atoms with Crippen LogP contribution in [0.15, 0.2) is 30.3 Å². The van der Waals surface area contributed by atoms with E-state index >= 15 is 0 Å². The Kier molecular flexibility index (Phi) is 4.24. The first kappa shape index (κ1) is 16.4. The number of fused-ring (bicyclic) bond motifs is 1. The zero-order valence-electron chi connectivity index (χ0n) is 13.3. The van der Waals surface area contributed by atoms with E-state index in [1.54, 1.807) is 16.8 Å². The van der Waals surface area contributed by atoms with E-state index in [-0.39, 0.29) is 10.7 Å². The molecule has 0 fully saturated rings. The van der Waals surface area contributed by atoms with Gasteiger partial charge in [0.15, 0.2) is 0 Å². The summed E-state index contributed by atoms with van der Waals surface area (Å²) >= 11 is 5.75. The molecule has 7 heteroatoms. The van der Waals surface area contributed by atoms with Crippen molar-refractivity contribution in [3.05, 3.63) is 52.6 Å². The van der Waals surface area contributed by atoms with E-state index in [2.05, 4.69) is 23.9 Å². The van der Waals surface area contributed by atoms with Crippen molar-refractivity contribution in [2.24, 2.45) is 11.7 Å². The SMILES string of the molecule is CC(C)Cc1nn(-c2ccc(Cl)c(F)c2)c2ccc(C(N)=O)nc12. The fourth-order valence-electron chi connectivity index (χ4n) is 2.53. The maximum atomic E-state index is 13.8. The van der Waals surface area contributed by atoms with E-state index in [0.29, 0.717) is 29.1 Å². The summed E-state index contributed by atoms with van der Waals surface area (Å²) in [5.74, 6) is -0.778. The summed E-state index contributed by atoms with van der Waals surface area (Å²) in [6, 6.07) is 7.72. The second-order valence-electron chi connectivity index (χ2n) is 5.98. The lowest BCUT2D eigenvalue weighted by Gasteiger charge is -2.04. The molecule has 0 unspecified atom stereocenters. The zero-order chi connectivity index (χ0) is 17.4. The van der Waals surface area contributed by atoms with Crippen molar-refractivity contribution >= 4 is 28.5 Å². The number of carbonyl (C=O) groups excluding carboxylic acids is 1. The first-order valence-electron chi connectivity index (χ1n) is 7.50. The van der Waals surface area contributed by atoms with Crippen LogP contribution >= 0.6 is 11.6 Å². The molecule has 0 saturated heterocycles. The summed E-state index contributed by atoms with van der Waals surface area (Å²) in [6.07, 6.45) is 0.675. The highest BCUT2D eigenvalue weighted by Gasteiger charge is 2.17. The van der Waals surface area contributed by atoms with Gasteiger partial charge in [0.05, 0.1) is 21.9 Å². The topological polar surface area (TPSA) is 73.8 Å². The fraction of sp³-hybridized carbons (Fsp3) is 0.235. The minimum atomic E-state index is -0.599. The molecule has 0 aliphatic carbocycles. The molecular weight excluding hydrogens is 331 g/mol. The van der Waals surface area contributed by atoms with E-state index < -0.39 is 11.7 Å². The van der Waals surface area contributed by atoms with Gasteiger partial charge in [-0.1, -0.05) is 25.4 Å². The molecule has 0 saturated carbocycles. The molecule has 1 aromatic carbocycles. The highest BCUT2D eigenvalue weighted by molar-refractivity contribution is 6.30. The third-order valence-corrected chi connectivity index (χ3v) is 3.90. The Labute approximate surface area is 143 Å². The van der Waals surface area contributed by atoms with Crippen LogP contribution in [0.1, 0.15) is 30.0 Å². The number of hydrogen-bond acceptors (Lipinski definition) is 3. The van der Waals surface area contributed by atoms with Gasteiger partial charge < -0.3 is 5.73 Å². The number of nitrogens with zero attached hydrogens (tertiary/aromatic N) is 3. The zero-order valence-corrected chi connectivity index (χ0v) is 14.0. The van der Waals surface area contributed by atoms with Crippen LogP contribution in [0.4, 0.5) is 4.39 Å². The number of nitrogens with two attached hydrogens (primary N) is 1. The molecule has 3 aromatic rings. The van der Waals surface area contributed by atoms with Crippen LogP contribution in [0, 0.1) is 11.7 Å². The number of primary amides is 1. The van der Waals surface area contributed by atoms with E-state index in [4.69, 9.17) is 17.3 Å². The predicted octanol–water partition coefficient (Wildman–Crippen LogP) is 3.51. The average molecular weight is 347 g/mol. The number of benzene rings is 1. The van der Waals surface area contributed by atoms with Crippen molar-refractivity contribution in [3.63, 3.8) is 0 Å². The summed E-state index contributed by atoms with van der Waals surface area (Å²) in [4.78, 5) is 15.7. The molecule has 0 radical (unpaired) electrons. The summed E-state index contributed by atoms with van der Waals surface area (Å²) in [6.45, 7) is 4.12. The van der Waals surface area contributed by atoms with Crippen LogP contribution in [-0.4, -0.2) is 20.7 Å². The number of hydrogen-bond donors (Lipinski definition) is 1. The molecule has 2 aromatic heterocycles. The van der Waals surface area contributed by atoms with Crippen LogP contribution in [-0.2, 0) is 6.42 Å². The molecule has 124 valence electrons. The third kappa shape index (κ3) is 2.97. The van der Waals surface area contributed by atoms with Crippen molar-refractivity contribution in [3.8, 4) is 5.69 Å². The number of aromatic nitrogens is 3. The largest absolute Gasteiger partial charge is 0.364 e. The highest BCUT2D eigenvalue weighted by Crippen LogP contribution is 2.25. The van der Waals surface area contributed by atoms with E-state index in [0.717, 1.165) is 5.69 Å². The van der Waals surface area contributed by atoms with Crippen LogP contribution in [0.5, 0.6) is 0 Å². The Morgan fingerprint density at radius 1 is 1.33 bits per heavy atom. The Bertz CT molecular complexity index is 936. The molecule has 1 amide bonds. The smallest absolute Gasteiger partial charge is 0.267 e. The monoisotopic (exact) mass is 346 g/mol. The van der Waals surface area contributed by atoms with Crippen LogP contribution in [0.3, 0.4) is 0 Å². The van der Waals surface area contributed by atoms with Crippen molar-refractivity contribution in [1.82, 2.24) is 14.8 Å². The van der Waals surface area contributed by atoms with Crippen molar-refractivity contribution in [2.75, 3.05) is 0 Å². The highest BCUT2D eigenvalue weighted by atomic mass is 35.5. The normalized spacial score (nSPS) is 11.4. The van der Waals surface area contributed by atoms with E-state index in [1.165, 1.54) is 18.2 Å². The summed E-state index contributed by atoms with van der Waals surface area (Å²) in [5, 5.41) is 4.61. The van der Waals surface area contributed by atoms with Crippen molar-refractivity contribution in [2.45, 2.75) is 20.3 Å². The Morgan fingerprint density at radius 2 is 2.08 bits per heavy atom. The van der Waals surface area contributed by atoms with Gasteiger partial charge in [0, 0.05) is 6.07 Å². The van der Waals surface area contributed by atoms with Gasteiger partial charge in [-0.2, -0.15) is 5.10 Å². The van der Waals surface area contributed by atoms with Crippen molar-refractivity contribution in [1.29, 1.82) is 0 Å².